The van der Waals surface area contributed by atoms with Crippen LogP contribution in [0.4, 0.5) is 8.78 Å². The summed E-state index contributed by atoms with van der Waals surface area (Å²) in [6.07, 6.45) is 7.00. The third kappa shape index (κ3) is 7.15. The fraction of sp³-hybridized carbons (Fsp3) is 0.250. The molecule has 4 heterocycles. The van der Waals surface area contributed by atoms with E-state index in [-0.39, 0.29) is 11.6 Å². The zero-order chi connectivity index (χ0) is 32.2. The van der Waals surface area contributed by atoms with E-state index in [4.69, 9.17) is 9.05 Å². The van der Waals surface area contributed by atoms with Crippen molar-refractivity contribution in [2.45, 2.75) is 53.3 Å². The first kappa shape index (κ1) is 32.5. The van der Waals surface area contributed by atoms with Gasteiger partial charge in [0.1, 0.15) is 17.7 Å². The van der Waals surface area contributed by atoms with E-state index in [1.165, 1.54) is 24.3 Å². The number of aromatic nitrogens is 6. The van der Waals surface area contributed by atoms with Gasteiger partial charge in [-0.15, -0.1) is 0 Å². The SMILES string of the molecule is CCn1cc(C(O)c2c(C)noc2-c2ccc(F)cc2Br)cn1.CCn1cc(Cc2c(C)noc2-c2ccc(F)cc2Br)cn1. The number of aliphatic hydroxyl groups is 1. The van der Waals surface area contributed by atoms with Crippen LogP contribution in [-0.4, -0.2) is 35.0 Å². The van der Waals surface area contributed by atoms with Crippen LogP contribution >= 0.6 is 31.9 Å². The number of nitrogens with zero attached hydrogens (tertiary/aromatic N) is 6. The van der Waals surface area contributed by atoms with E-state index in [1.807, 2.05) is 37.8 Å². The van der Waals surface area contributed by atoms with E-state index in [2.05, 4.69) is 52.4 Å². The van der Waals surface area contributed by atoms with Crippen LogP contribution in [0.3, 0.4) is 0 Å². The predicted octanol–water partition coefficient (Wildman–Crippen LogP) is 8.21. The van der Waals surface area contributed by atoms with Crippen LogP contribution in [-0.2, 0) is 19.5 Å². The predicted molar refractivity (Wildman–Crippen MR) is 171 cm³/mol. The molecule has 9 nitrogen and oxygen atoms in total. The smallest absolute Gasteiger partial charge is 0.174 e. The Kier molecular flexibility index (Phi) is 10.1. The van der Waals surface area contributed by atoms with Crippen molar-refractivity contribution in [1.29, 1.82) is 0 Å². The Hall–Kier alpha value is -3.94. The third-order valence-corrected chi connectivity index (χ3v) is 8.51. The molecule has 13 heteroatoms. The molecule has 0 aliphatic rings. The quantitative estimate of drug-likeness (QED) is 0.167. The summed E-state index contributed by atoms with van der Waals surface area (Å²) >= 11 is 6.71. The van der Waals surface area contributed by atoms with Gasteiger partial charge >= 0.3 is 0 Å². The van der Waals surface area contributed by atoms with Crippen LogP contribution in [0.1, 0.15) is 53.6 Å². The minimum absolute atomic E-state index is 0.294. The van der Waals surface area contributed by atoms with Crippen LogP contribution in [0, 0.1) is 25.5 Å². The number of halogens is 4. The average molecular weight is 744 g/mol. The zero-order valence-electron chi connectivity index (χ0n) is 24.9. The van der Waals surface area contributed by atoms with Gasteiger partial charge in [-0.05, 0) is 102 Å². The molecular weight excluding hydrogens is 714 g/mol. The number of aryl methyl sites for hydroxylation is 4. The van der Waals surface area contributed by atoms with Crippen LogP contribution in [0.15, 0.2) is 79.2 Å². The van der Waals surface area contributed by atoms with Crippen molar-refractivity contribution in [2.24, 2.45) is 0 Å². The van der Waals surface area contributed by atoms with Gasteiger partial charge in [-0.2, -0.15) is 10.2 Å². The highest BCUT2D eigenvalue weighted by molar-refractivity contribution is 9.11. The Balaban J connectivity index is 0.000000178. The van der Waals surface area contributed by atoms with Gasteiger partial charge in [0.15, 0.2) is 11.5 Å². The standard InChI is InChI=1S/C16H15BrFN3O2.C16H15BrFN3O/c1-3-21-8-10(7-19-21)15(22)14-9(2)20-23-16(14)12-5-4-11(18)6-13(12)17;1-3-21-9-11(8-19-21)6-14-10(2)20-22-16(14)13-5-4-12(18)7-15(13)17/h4-8,15,22H,3H2,1-2H3;4-5,7-9H,3,6H2,1-2H3. The Morgan fingerprint density at radius 3 is 1.93 bits per heavy atom. The first-order valence-electron chi connectivity index (χ1n) is 14.1. The second kappa shape index (κ2) is 14.0. The van der Waals surface area contributed by atoms with Crippen molar-refractivity contribution in [1.82, 2.24) is 29.9 Å². The van der Waals surface area contributed by atoms with E-state index >= 15 is 0 Å². The minimum Gasteiger partial charge on any atom is -0.383 e. The Morgan fingerprint density at radius 1 is 0.800 bits per heavy atom. The Bertz CT molecular complexity index is 1930. The van der Waals surface area contributed by atoms with Crippen molar-refractivity contribution in [2.75, 3.05) is 0 Å². The zero-order valence-corrected chi connectivity index (χ0v) is 28.1. The number of rotatable bonds is 8. The second-order valence-electron chi connectivity index (χ2n) is 10.2. The summed E-state index contributed by atoms with van der Waals surface area (Å²) < 4.78 is 42.2. The highest BCUT2D eigenvalue weighted by Crippen LogP contribution is 2.38. The largest absolute Gasteiger partial charge is 0.383 e. The Morgan fingerprint density at radius 2 is 1.36 bits per heavy atom. The highest BCUT2D eigenvalue weighted by atomic mass is 79.9. The molecule has 6 rings (SSSR count). The number of benzene rings is 2. The van der Waals surface area contributed by atoms with Crippen LogP contribution < -0.4 is 0 Å². The minimum atomic E-state index is -0.923. The van der Waals surface area contributed by atoms with Gasteiger partial charge in [-0.25, -0.2) is 8.78 Å². The fourth-order valence-corrected chi connectivity index (χ4v) is 5.85. The molecular formula is C32H30Br2F2N6O3. The lowest BCUT2D eigenvalue weighted by Crippen LogP contribution is -2.01. The first-order chi connectivity index (χ1) is 21.6. The topological polar surface area (TPSA) is 108 Å². The van der Waals surface area contributed by atoms with E-state index in [0.717, 1.165) is 28.9 Å². The van der Waals surface area contributed by atoms with Gasteiger partial charge in [0.05, 0.1) is 29.3 Å². The summed E-state index contributed by atoms with van der Waals surface area (Å²) in [6, 6.07) is 8.80. The summed E-state index contributed by atoms with van der Waals surface area (Å²) in [5.41, 5.74) is 6.11. The van der Waals surface area contributed by atoms with Crippen LogP contribution in [0.5, 0.6) is 0 Å². The lowest BCUT2D eigenvalue weighted by molar-refractivity contribution is 0.219. The monoisotopic (exact) mass is 742 g/mol. The molecule has 45 heavy (non-hydrogen) atoms. The molecule has 0 radical (unpaired) electrons. The molecule has 0 aliphatic carbocycles. The molecule has 1 N–H and O–H groups in total. The van der Waals surface area contributed by atoms with E-state index in [0.29, 0.717) is 55.8 Å². The van der Waals surface area contributed by atoms with Gasteiger partial charge in [0.25, 0.3) is 0 Å². The molecule has 234 valence electrons. The molecule has 2 aromatic carbocycles. The molecule has 0 bridgehead atoms. The summed E-state index contributed by atoms with van der Waals surface area (Å²) in [5, 5.41) is 27.2. The molecule has 6 aromatic rings. The van der Waals surface area contributed by atoms with Crippen LogP contribution in [0.25, 0.3) is 22.6 Å². The van der Waals surface area contributed by atoms with E-state index in [1.54, 1.807) is 36.1 Å². The fourth-order valence-electron chi connectivity index (χ4n) is 4.78. The molecule has 0 aliphatic heterocycles. The molecule has 0 spiro atoms. The molecule has 0 fully saturated rings. The molecule has 0 saturated carbocycles. The normalized spacial score (nSPS) is 11.8. The molecule has 4 aromatic heterocycles. The lowest BCUT2D eigenvalue weighted by atomic mass is 9.99. The van der Waals surface area contributed by atoms with E-state index in [9.17, 15) is 13.9 Å². The van der Waals surface area contributed by atoms with Crippen molar-refractivity contribution in [3.8, 4) is 22.6 Å². The summed E-state index contributed by atoms with van der Waals surface area (Å²) in [6.45, 7) is 9.22. The lowest BCUT2D eigenvalue weighted by Gasteiger charge is -2.10. The maximum absolute atomic E-state index is 13.3. The second-order valence-corrected chi connectivity index (χ2v) is 12.0. The number of hydrogen-bond donors (Lipinski definition) is 1. The van der Waals surface area contributed by atoms with Crippen LogP contribution in [0.2, 0.25) is 0 Å². The molecule has 1 atom stereocenters. The highest BCUT2D eigenvalue weighted by Gasteiger charge is 2.26. The Labute approximate surface area is 275 Å². The van der Waals surface area contributed by atoms with Crippen molar-refractivity contribution < 1.29 is 22.9 Å². The van der Waals surface area contributed by atoms with Crippen molar-refractivity contribution in [3.63, 3.8) is 0 Å². The molecule has 0 saturated heterocycles. The van der Waals surface area contributed by atoms with Gasteiger partial charge in [-0.3, -0.25) is 9.36 Å². The van der Waals surface area contributed by atoms with Gasteiger partial charge in [-0.1, -0.05) is 10.3 Å². The average Bonchev–Trinajstić information content (AvgIpc) is 3.82. The number of aliphatic hydroxyl groups excluding tert-OH is 1. The van der Waals surface area contributed by atoms with Crippen molar-refractivity contribution >= 4 is 31.9 Å². The number of hydrogen-bond acceptors (Lipinski definition) is 7. The summed E-state index contributed by atoms with van der Waals surface area (Å²) in [4.78, 5) is 0. The van der Waals surface area contributed by atoms with Gasteiger partial charge in [0.2, 0.25) is 0 Å². The molecule has 0 amide bonds. The summed E-state index contributed by atoms with van der Waals surface area (Å²) in [7, 11) is 0. The van der Waals surface area contributed by atoms with Gasteiger partial charge in [0, 0.05) is 63.1 Å². The maximum atomic E-state index is 13.3. The third-order valence-electron chi connectivity index (χ3n) is 7.20. The van der Waals surface area contributed by atoms with E-state index < -0.39 is 6.10 Å². The summed E-state index contributed by atoms with van der Waals surface area (Å²) in [5.74, 6) is 0.417. The van der Waals surface area contributed by atoms with Gasteiger partial charge < -0.3 is 14.2 Å². The first-order valence-corrected chi connectivity index (χ1v) is 15.7. The molecule has 1 unspecified atom stereocenters. The maximum Gasteiger partial charge on any atom is 0.174 e. The van der Waals surface area contributed by atoms with Crippen molar-refractivity contribution in [3.05, 3.63) is 115 Å².